The van der Waals surface area contributed by atoms with E-state index in [1.54, 1.807) is 7.05 Å². The number of hydrogen-bond acceptors (Lipinski definition) is 3. The number of sulfone groups is 1. The Morgan fingerprint density at radius 3 is 2.62 bits per heavy atom. The minimum Gasteiger partial charge on any atom is -0.355 e. The highest BCUT2D eigenvalue weighted by molar-refractivity contribution is 14.0. The fraction of sp³-hybridized carbons (Fsp3) is 0.500. The molecule has 8 heteroatoms. The predicted octanol–water partition coefficient (Wildman–Crippen LogP) is 3.47. The number of hydrogen-bond donors (Lipinski definition) is 1. The van der Waals surface area contributed by atoms with Crippen LogP contribution < -0.4 is 5.32 Å². The zero-order chi connectivity index (χ0) is 18.7. The summed E-state index contributed by atoms with van der Waals surface area (Å²) in [7, 11) is -0.103. The number of allylic oxidation sites excluding steroid dienone is 1. The van der Waals surface area contributed by atoms with Crippen LogP contribution in [0.3, 0.4) is 0 Å². The first-order valence-corrected chi connectivity index (χ1v) is 10.1. The summed E-state index contributed by atoms with van der Waals surface area (Å²) in [6.07, 6.45) is 6.18. The summed E-state index contributed by atoms with van der Waals surface area (Å²) in [5, 5.41) is 3.02. The second-order valence-electron chi connectivity index (χ2n) is 5.78. The maximum Gasteiger partial charge on any atom is 0.193 e. The smallest absolute Gasteiger partial charge is 0.193 e. The van der Waals surface area contributed by atoms with Crippen molar-refractivity contribution in [3.8, 4) is 0 Å². The molecule has 0 amide bonds. The summed E-state index contributed by atoms with van der Waals surface area (Å²) in [5.41, 5.74) is 0. The van der Waals surface area contributed by atoms with Gasteiger partial charge in [0, 0.05) is 27.2 Å². The van der Waals surface area contributed by atoms with Crippen molar-refractivity contribution in [2.75, 3.05) is 32.9 Å². The summed E-state index contributed by atoms with van der Waals surface area (Å²) < 4.78 is 38.1. The van der Waals surface area contributed by atoms with E-state index in [1.807, 2.05) is 18.0 Å². The number of aliphatic imine (C=N–C) groups is 1. The van der Waals surface area contributed by atoms with E-state index in [2.05, 4.69) is 16.9 Å². The summed E-state index contributed by atoms with van der Waals surface area (Å²) in [6, 6.07) is 5.43. The topological polar surface area (TPSA) is 61.8 Å². The number of benzene rings is 1. The maximum atomic E-state index is 13.7. The Morgan fingerprint density at radius 1 is 1.31 bits per heavy atom. The molecule has 0 bridgehead atoms. The van der Waals surface area contributed by atoms with Crippen molar-refractivity contribution < 1.29 is 12.8 Å². The van der Waals surface area contributed by atoms with Gasteiger partial charge >= 0.3 is 0 Å². The van der Waals surface area contributed by atoms with Crippen LogP contribution in [0, 0.1) is 5.82 Å². The number of halogens is 2. The maximum absolute atomic E-state index is 13.7. The van der Waals surface area contributed by atoms with Gasteiger partial charge in [0.1, 0.15) is 10.7 Å². The van der Waals surface area contributed by atoms with Crippen molar-refractivity contribution in [3.05, 3.63) is 42.7 Å². The number of guanidine groups is 1. The van der Waals surface area contributed by atoms with E-state index in [9.17, 15) is 12.8 Å². The molecule has 1 rings (SSSR count). The lowest BCUT2D eigenvalue weighted by atomic mass is 10.2. The second-order valence-corrected chi connectivity index (χ2v) is 7.86. The third-order valence-electron chi connectivity index (χ3n) is 3.80. The zero-order valence-corrected chi connectivity index (χ0v) is 18.6. The summed E-state index contributed by atoms with van der Waals surface area (Å²) >= 11 is 0. The molecule has 0 fully saturated rings. The molecular weight excluding hydrogens is 468 g/mol. The van der Waals surface area contributed by atoms with E-state index in [0.717, 1.165) is 38.3 Å². The Balaban J connectivity index is 0.00000625. The van der Waals surface area contributed by atoms with E-state index in [0.29, 0.717) is 5.96 Å². The minimum atomic E-state index is -3.67. The van der Waals surface area contributed by atoms with Gasteiger partial charge in [-0.05, 0) is 31.4 Å². The van der Waals surface area contributed by atoms with Gasteiger partial charge in [-0.3, -0.25) is 4.99 Å². The summed E-state index contributed by atoms with van der Waals surface area (Å²) in [4.78, 5) is 5.86. The van der Waals surface area contributed by atoms with Crippen LogP contribution in [0.4, 0.5) is 4.39 Å². The fourth-order valence-corrected chi connectivity index (χ4v) is 3.65. The van der Waals surface area contributed by atoms with Crippen LogP contribution in [0.25, 0.3) is 0 Å². The first kappa shape index (κ1) is 24.8. The molecule has 1 N–H and O–H groups in total. The quantitative estimate of drug-likeness (QED) is 0.177. The molecule has 148 valence electrons. The molecule has 0 unspecified atom stereocenters. The number of unbranched alkanes of at least 4 members (excludes halogenated alkanes) is 3. The van der Waals surface area contributed by atoms with Gasteiger partial charge in [0.15, 0.2) is 15.8 Å². The standard InChI is InChI=1S/C18H28FN3O2S.HI/c1-4-5-6-7-10-14-22(3)18(20-2)21-13-15-25(23,24)17-12-9-8-11-16(17)19;/h4,8-9,11-12H,1,5-7,10,13-15H2,2-3H3,(H,20,21);1H. The second kappa shape index (κ2) is 13.1. The van der Waals surface area contributed by atoms with Crippen molar-refractivity contribution >= 4 is 39.8 Å². The lowest BCUT2D eigenvalue weighted by Gasteiger charge is -2.22. The molecule has 0 saturated heterocycles. The van der Waals surface area contributed by atoms with Gasteiger partial charge in [-0.1, -0.05) is 24.6 Å². The molecule has 0 aliphatic heterocycles. The van der Waals surface area contributed by atoms with E-state index < -0.39 is 15.7 Å². The Labute approximate surface area is 173 Å². The highest BCUT2D eigenvalue weighted by atomic mass is 127. The molecule has 1 aromatic carbocycles. The van der Waals surface area contributed by atoms with Crippen LogP contribution in [0.1, 0.15) is 25.7 Å². The van der Waals surface area contributed by atoms with Crippen LogP contribution >= 0.6 is 24.0 Å². The fourth-order valence-electron chi connectivity index (χ4n) is 2.41. The largest absolute Gasteiger partial charge is 0.355 e. The van der Waals surface area contributed by atoms with Crippen LogP contribution in [0.15, 0.2) is 46.8 Å². The molecule has 0 aliphatic rings. The van der Waals surface area contributed by atoms with E-state index in [1.165, 1.54) is 18.2 Å². The van der Waals surface area contributed by atoms with Crippen molar-refractivity contribution in [1.29, 1.82) is 0 Å². The Morgan fingerprint density at radius 2 is 2.00 bits per heavy atom. The average Bonchev–Trinajstić information content (AvgIpc) is 2.58. The molecule has 0 aliphatic carbocycles. The van der Waals surface area contributed by atoms with Gasteiger partial charge in [-0.2, -0.15) is 0 Å². The molecule has 0 spiro atoms. The Hall–Kier alpha value is -1.16. The SMILES string of the molecule is C=CCCCCCN(C)C(=NC)NCCS(=O)(=O)c1ccccc1F.I. The molecular formula is C18H29FIN3O2S. The third-order valence-corrected chi connectivity index (χ3v) is 5.54. The first-order chi connectivity index (χ1) is 11.9. The van der Waals surface area contributed by atoms with Crippen molar-refractivity contribution in [3.63, 3.8) is 0 Å². The zero-order valence-electron chi connectivity index (χ0n) is 15.4. The van der Waals surface area contributed by atoms with Gasteiger partial charge in [-0.15, -0.1) is 30.6 Å². The van der Waals surface area contributed by atoms with Gasteiger partial charge < -0.3 is 10.2 Å². The molecule has 0 heterocycles. The predicted molar refractivity (Wildman–Crippen MR) is 117 cm³/mol. The van der Waals surface area contributed by atoms with Crippen molar-refractivity contribution in [2.24, 2.45) is 4.99 Å². The molecule has 0 atom stereocenters. The molecule has 0 saturated carbocycles. The van der Waals surface area contributed by atoms with Crippen LogP contribution in [-0.4, -0.2) is 52.2 Å². The summed E-state index contributed by atoms with van der Waals surface area (Å²) in [6.45, 7) is 4.70. The highest BCUT2D eigenvalue weighted by Crippen LogP contribution is 2.14. The van der Waals surface area contributed by atoms with Gasteiger partial charge in [-0.25, -0.2) is 12.8 Å². The lowest BCUT2D eigenvalue weighted by molar-refractivity contribution is 0.456. The Kier molecular flexibility index (Phi) is 12.5. The average molecular weight is 497 g/mol. The van der Waals surface area contributed by atoms with Gasteiger partial charge in [0.2, 0.25) is 0 Å². The normalized spacial score (nSPS) is 11.6. The highest BCUT2D eigenvalue weighted by Gasteiger charge is 2.18. The van der Waals surface area contributed by atoms with Crippen LogP contribution in [-0.2, 0) is 9.84 Å². The van der Waals surface area contributed by atoms with Crippen LogP contribution in [0.2, 0.25) is 0 Å². The molecule has 0 aromatic heterocycles. The van der Waals surface area contributed by atoms with E-state index >= 15 is 0 Å². The number of nitrogens with one attached hydrogen (secondary N) is 1. The van der Waals surface area contributed by atoms with Crippen molar-refractivity contribution in [2.45, 2.75) is 30.6 Å². The number of nitrogens with zero attached hydrogens (tertiary/aromatic N) is 2. The third kappa shape index (κ3) is 8.48. The van der Waals surface area contributed by atoms with Gasteiger partial charge in [0.25, 0.3) is 0 Å². The van der Waals surface area contributed by atoms with Crippen molar-refractivity contribution in [1.82, 2.24) is 10.2 Å². The number of rotatable bonds is 10. The van der Waals surface area contributed by atoms with Gasteiger partial charge in [0.05, 0.1) is 5.75 Å². The first-order valence-electron chi connectivity index (χ1n) is 8.42. The minimum absolute atomic E-state index is 0. The molecule has 1 aromatic rings. The Bertz CT molecular complexity index is 681. The van der Waals surface area contributed by atoms with E-state index in [4.69, 9.17) is 0 Å². The summed E-state index contributed by atoms with van der Waals surface area (Å²) in [5.74, 6) is -0.281. The molecule has 26 heavy (non-hydrogen) atoms. The molecule has 0 radical (unpaired) electrons. The monoisotopic (exact) mass is 497 g/mol. The molecule has 5 nitrogen and oxygen atoms in total. The lowest BCUT2D eigenvalue weighted by Crippen LogP contribution is -2.41. The van der Waals surface area contributed by atoms with E-state index in [-0.39, 0.29) is 41.2 Å². The van der Waals surface area contributed by atoms with Crippen LogP contribution in [0.5, 0.6) is 0 Å².